The largest absolute Gasteiger partial charge is 0.350 e. The fraction of sp³-hybridized carbons (Fsp3) is 0.421. The van der Waals surface area contributed by atoms with Crippen molar-refractivity contribution in [2.45, 2.75) is 36.3 Å². The van der Waals surface area contributed by atoms with Crippen LogP contribution in [-0.4, -0.2) is 37.5 Å². The highest BCUT2D eigenvalue weighted by Gasteiger charge is 2.28. The molecule has 1 N–H and O–H groups in total. The van der Waals surface area contributed by atoms with Gasteiger partial charge in [0.05, 0.1) is 12.3 Å². The minimum absolute atomic E-state index is 0.0370. The van der Waals surface area contributed by atoms with Crippen LogP contribution in [0.4, 0.5) is 0 Å². The summed E-state index contributed by atoms with van der Waals surface area (Å²) in [7, 11) is -3.37. The lowest BCUT2D eigenvalue weighted by atomic mass is 10.2. The molecule has 0 saturated carbocycles. The van der Waals surface area contributed by atoms with Gasteiger partial charge in [0.15, 0.2) is 0 Å². The van der Waals surface area contributed by atoms with Crippen molar-refractivity contribution in [2.75, 3.05) is 18.8 Å². The van der Waals surface area contributed by atoms with Crippen LogP contribution < -0.4 is 5.32 Å². The van der Waals surface area contributed by atoms with Crippen LogP contribution in [0.15, 0.2) is 40.6 Å². The lowest BCUT2D eigenvalue weighted by Gasteiger charge is -2.13. The Hall–Kier alpha value is -1.35. The first kappa shape index (κ1) is 20.4. The quantitative estimate of drug-likeness (QED) is 0.705. The third-order valence-electron chi connectivity index (χ3n) is 4.34. The third kappa shape index (κ3) is 5.57. The van der Waals surface area contributed by atoms with E-state index < -0.39 is 10.0 Å². The van der Waals surface area contributed by atoms with Gasteiger partial charge < -0.3 is 5.32 Å². The number of hydrogen-bond acceptors (Lipinski definition) is 5. The zero-order chi connectivity index (χ0) is 19.3. The number of nitrogens with zero attached hydrogens (tertiary/aromatic N) is 1. The van der Waals surface area contributed by atoms with Crippen molar-refractivity contribution in [3.8, 4) is 0 Å². The maximum Gasteiger partial charge on any atom is 0.252 e. The van der Waals surface area contributed by atoms with Crippen LogP contribution in [0, 0.1) is 6.92 Å². The number of rotatable bonds is 8. The highest BCUT2D eigenvalue weighted by Crippen LogP contribution is 2.27. The van der Waals surface area contributed by atoms with Crippen molar-refractivity contribution in [3.05, 3.63) is 52.4 Å². The number of amides is 1. The van der Waals surface area contributed by atoms with Crippen molar-refractivity contribution >= 4 is 39.0 Å². The molecule has 0 spiro atoms. The topological polar surface area (TPSA) is 66.5 Å². The summed E-state index contributed by atoms with van der Waals surface area (Å²) in [5.74, 6) is 1.15. The number of thiophene rings is 1. The first-order chi connectivity index (χ1) is 12.9. The number of hydrogen-bond donors (Lipinski definition) is 1. The summed E-state index contributed by atoms with van der Waals surface area (Å²) in [6, 6.07) is 11.7. The van der Waals surface area contributed by atoms with E-state index in [9.17, 15) is 13.2 Å². The standard InChI is InChI=1S/C19H24N2O3S3/c1-15-5-4-6-16(11-15)13-25-14-18(22)20-12-17-7-8-19(26-17)27(23,24)21-9-2-3-10-21/h4-8,11H,2-3,9-10,12-14H2,1H3,(H,20,22). The number of carbonyl (C=O) groups is 1. The highest BCUT2D eigenvalue weighted by atomic mass is 32.2. The summed E-state index contributed by atoms with van der Waals surface area (Å²) >= 11 is 2.81. The monoisotopic (exact) mass is 424 g/mol. The second kappa shape index (κ2) is 9.23. The molecule has 1 aliphatic heterocycles. The normalized spacial score (nSPS) is 15.1. The van der Waals surface area contributed by atoms with Crippen LogP contribution in [0.2, 0.25) is 0 Å². The molecule has 0 bridgehead atoms. The number of carbonyl (C=O) groups excluding carboxylic acids is 1. The first-order valence-corrected chi connectivity index (χ1v) is 12.3. The molecule has 3 rings (SSSR count). The second-order valence-corrected chi connectivity index (χ2v) is 10.9. The van der Waals surface area contributed by atoms with Gasteiger partial charge in [-0.05, 0) is 37.5 Å². The predicted octanol–water partition coefficient (Wildman–Crippen LogP) is 3.39. The molecule has 0 unspecified atom stereocenters. The zero-order valence-corrected chi connectivity index (χ0v) is 17.8. The maximum atomic E-state index is 12.5. The minimum Gasteiger partial charge on any atom is -0.350 e. The van der Waals surface area contributed by atoms with E-state index in [1.807, 2.05) is 6.07 Å². The Bertz CT molecular complexity index is 887. The second-order valence-electron chi connectivity index (χ2n) is 6.59. The molecular weight excluding hydrogens is 400 g/mol. The van der Waals surface area contributed by atoms with E-state index in [1.165, 1.54) is 22.5 Å². The van der Waals surface area contributed by atoms with Gasteiger partial charge in [-0.15, -0.1) is 23.1 Å². The van der Waals surface area contributed by atoms with E-state index in [1.54, 1.807) is 28.2 Å². The average molecular weight is 425 g/mol. The SMILES string of the molecule is Cc1cccc(CSCC(=O)NCc2ccc(S(=O)(=O)N3CCCC3)s2)c1. The van der Waals surface area contributed by atoms with E-state index in [0.29, 0.717) is 29.6 Å². The fourth-order valence-electron chi connectivity index (χ4n) is 2.95. The molecule has 1 fully saturated rings. The van der Waals surface area contributed by atoms with E-state index in [0.717, 1.165) is 23.5 Å². The van der Waals surface area contributed by atoms with Crippen molar-refractivity contribution < 1.29 is 13.2 Å². The number of thioether (sulfide) groups is 1. The summed E-state index contributed by atoms with van der Waals surface area (Å²) < 4.78 is 27.0. The van der Waals surface area contributed by atoms with Crippen LogP contribution in [0.5, 0.6) is 0 Å². The summed E-state index contributed by atoms with van der Waals surface area (Å²) in [5, 5.41) is 2.87. The van der Waals surface area contributed by atoms with Crippen molar-refractivity contribution in [2.24, 2.45) is 0 Å². The van der Waals surface area contributed by atoms with Gasteiger partial charge in [0.2, 0.25) is 5.91 Å². The van der Waals surface area contributed by atoms with Gasteiger partial charge in [-0.25, -0.2) is 8.42 Å². The minimum atomic E-state index is -3.37. The molecule has 1 aromatic carbocycles. The molecule has 5 nitrogen and oxygen atoms in total. The van der Waals surface area contributed by atoms with Crippen molar-refractivity contribution in [1.82, 2.24) is 9.62 Å². The number of sulfonamides is 1. The van der Waals surface area contributed by atoms with E-state index in [-0.39, 0.29) is 5.91 Å². The molecule has 27 heavy (non-hydrogen) atoms. The zero-order valence-electron chi connectivity index (χ0n) is 15.3. The Labute approximate surface area is 169 Å². The lowest BCUT2D eigenvalue weighted by Crippen LogP contribution is -2.27. The van der Waals surface area contributed by atoms with E-state index in [4.69, 9.17) is 0 Å². The molecule has 1 aliphatic rings. The van der Waals surface area contributed by atoms with Crippen LogP contribution >= 0.6 is 23.1 Å². The molecule has 2 heterocycles. The molecule has 0 atom stereocenters. The van der Waals surface area contributed by atoms with E-state index >= 15 is 0 Å². The first-order valence-electron chi connectivity index (χ1n) is 8.94. The molecule has 0 aliphatic carbocycles. The summed E-state index contributed by atoms with van der Waals surface area (Å²) in [5.41, 5.74) is 2.43. The van der Waals surface area contributed by atoms with Gasteiger partial charge in [0, 0.05) is 23.7 Å². The van der Waals surface area contributed by atoms with Gasteiger partial charge in [0.1, 0.15) is 4.21 Å². The van der Waals surface area contributed by atoms with E-state index in [2.05, 4.69) is 30.4 Å². The fourth-order valence-corrected chi connectivity index (χ4v) is 6.72. The summed E-state index contributed by atoms with van der Waals surface area (Å²) in [6.45, 7) is 3.62. The maximum absolute atomic E-state index is 12.5. The van der Waals surface area contributed by atoms with Crippen molar-refractivity contribution in [1.29, 1.82) is 0 Å². The van der Waals surface area contributed by atoms with Crippen LogP contribution in [-0.2, 0) is 27.1 Å². The Kier molecular flexibility index (Phi) is 6.97. The molecule has 1 amide bonds. The molecule has 2 aromatic rings. The molecule has 1 aromatic heterocycles. The van der Waals surface area contributed by atoms with Crippen LogP contribution in [0.1, 0.15) is 28.8 Å². The molecule has 146 valence electrons. The van der Waals surface area contributed by atoms with Gasteiger partial charge in [-0.2, -0.15) is 4.31 Å². The van der Waals surface area contributed by atoms with Crippen LogP contribution in [0.25, 0.3) is 0 Å². The number of nitrogens with one attached hydrogen (secondary N) is 1. The summed E-state index contributed by atoms with van der Waals surface area (Å²) in [4.78, 5) is 12.9. The average Bonchev–Trinajstić information content (AvgIpc) is 3.32. The van der Waals surface area contributed by atoms with Gasteiger partial charge in [-0.3, -0.25) is 4.79 Å². The Morgan fingerprint density at radius 1 is 1.22 bits per heavy atom. The van der Waals surface area contributed by atoms with Crippen LogP contribution in [0.3, 0.4) is 0 Å². The smallest absolute Gasteiger partial charge is 0.252 e. The molecular formula is C19H24N2O3S3. The Morgan fingerprint density at radius 3 is 2.74 bits per heavy atom. The molecule has 8 heteroatoms. The molecule has 1 saturated heterocycles. The lowest BCUT2D eigenvalue weighted by molar-refractivity contribution is -0.118. The number of aryl methyl sites for hydroxylation is 1. The predicted molar refractivity (Wildman–Crippen MR) is 111 cm³/mol. The van der Waals surface area contributed by atoms with Gasteiger partial charge >= 0.3 is 0 Å². The third-order valence-corrected chi connectivity index (χ3v) is 8.80. The van der Waals surface area contributed by atoms with Gasteiger partial charge in [-0.1, -0.05) is 29.8 Å². The Balaban J connectivity index is 1.44. The van der Waals surface area contributed by atoms with Gasteiger partial charge in [0.25, 0.3) is 10.0 Å². The Morgan fingerprint density at radius 2 is 2.00 bits per heavy atom. The highest BCUT2D eigenvalue weighted by molar-refractivity contribution is 7.99. The molecule has 0 radical (unpaired) electrons. The number of benzene rings is 1. The van der Waals surface area contributed by atoms with Crippen molar-refractivity contribution in [3.63, 3.8) is 0 Å². The summed E-state index contributed by atoms with van der Waals surface area (Å²) in [6.07, 6.45) is 1.85.